The van der Waals surface area contributed by atoms with Crippen LogP contribution >= 0.6 is 11.3 Å². The average Bonchev–Trinajstić information content (AvgIpc) is 2.14. The third kappa shape index (κ3) is 0.849. The third-order valence-corrected chi connectivity index (χ3v) is 1.35. The van der Waals surface area contributed by atoms with Gasteiger partial charge in [-0.1, -0.05) is 0 Å². The van der Waals surface area contributed by atoms with E-state index in [0.29, 0.717) is 4.88 Å². The van der Waals surface area contributed by atoms with Gasteiger partial charge in [0, 0.05) is 6.07 Å². The molecule has 1 aromatic heterocycles. The molecule has 1 heterocycles. The summed E-state index contributed by atoms with van der Waals surface area (Å²) in [5.74, 6) is -0.452. The molecule has 0 spiro atoms. The fourth-order valence-corrected chi connectivity index (χ4v) is 0.807. The Morgan fingerprint density at radius 3 is 2.88 bits per heavy atom. The van der Waals surface area contributed by atoms with Gasteiger partial charge in [0.2, 0.25) is 0 Å². The van der Waals surface area contributed by atoms with Crippen LogP contribution in [0.15, 0.2) is 6.07 Å². The van der Waals surface area contributed by atoms with Crippen LogP contribution < -0.4 is 0 Å². The highest BCUT2D eigenvalue weighted by Gasteiger charge is 1.94. The van der Waals surface area contributed by atoms with Gasteiger partial charge in [-0.3, -0.25) is 0 Å². The molecule has 0 saturated carbocycles. The molecular formula is C5HFNS. The van der Waals surface area contributed by atoms with Crippen LogP contribution in [0.2, 0.25) is 0 Å². The van der Waals surface area contributed by atoms with Crippen LogP contribution in [0.5, 0.6) is 0 Å². The summed E-state index contributed by atoms with van der Waals surface area (Å²) in [5.41, 5.74) is 0. The Hall–Kier alpha value is -0.880. The van der Waals surface area contributed by atoms with Gasteiger partial charge in [-0.25, -0.2) is 4.39 Å². The van der Waals surface area contributed by atoms with E-state index in [1.807, 2.05) is 0 Å². The Bertz CT molecular complexity index is 223. The molecule has 1 radical (unpaired) electrons. The molecule has 0 bridgehead atoms. The van der Waals surface area contributed by atoms with Gasteiger partial charge in [0.05, 0.1) is 5.38 Å². The number of hydrogen-bond donors (Lipinski definition) is 0. The second-order valence-corrected chi connectivity index (χ2v) is 2.02. The first-order chi connectivity index (χ1) is 3.83. The fourth-order valence-electron chi connectivity index (χ4n) is 0.333. The van der Waals surface area contributed by atoms with Gasteiger partial charge >= 0.3 is 0 Å². The van der Waals surface area contributed by atoms with Crippen molar-refractivity contribution in [3.8, 4) is 6.07 Å². The SMILES string of the molecule is N#Cc1cc(F)[c]s1. The Balaban J connectivity index is 3.05. The van der Waals surface area contributed by atoms with E-state index in [9.17, 15) is 4.39 Å². The molecule has 0 aliphatic carbocycles. The quantitative estimate of drug-likeness (QED) is 0.517. The Morgan fingerprint density at radius 2 is 2.62 bits per heavy atom. The molecule has 0 fully saturated rings. The normalized spacial score (nSPS) is 8.50. The molecule has 1 aromatic rings. The molecular weight excluding hydrogens is 125 g/mol. The highest BCUT2D eigenvalue weighted by atomic mass is 32.1. The van der Waals surface area contributed by atoms with Crippen molar-refractivity contribution < 1.29 is 4.39 Å². The lowest BCUT2D eigenvalue weighted by atomic mass is 10.5. The van der Waals surface area contributed by atoms with Gasteiger partial charge in [-0.05, 0) is 0 Å². The number of rotatable bonds is 0. The lowest BCUT2D eigenvalue weighted by Gasteiger charge is -1.64. The van der Waals surface area contributed by atoms with Crippen molar-refractivity contribution in [3.05, 3.63) is 22.1 Å². The minimum atomic E-state index is -0.452. The first-order valence-corrected chi connectivity index (χ1v) is 2.71. The highest BCUT2D eigenvalue weighted by molar-refractivity contribution is 7.10. The number of hydrogen-bond acceptors (Lipinski definition) is 2. The molecule has 0 unspecified atom stereocenters. The smallest absolute Gasteiger partial charge is 0.144 e. The summed E-state index contributed by atoms with van der Waals surface area (Å²) in [5, 5.41) is 10.4. The first-order valence-electron chi connectivity index (χ1n) is 1.90. The summed E-state index contributed by atoms with van der Waals surface area (Å²) in [6.45, 7) is 0. The lowest BCUT2D eigenvalue weighted by Crippen LogP contribution is -1.57. The molecule has 0 aromatic carbocycles. The Kier molecular flexibility index (Phi) is 1.27. The monoisotopic (exact) mass is 126 g/mol. The zero-order chi connectivity index (χ0) is 5.98. The highest BCUT2D eigenvalue weighted by Crippen LogP contribution is 2.09. The second kappa shape index (κ2) is 1.93. The molecule has 0 aliphatic rings. The predicted molar refractivity (Wildman–Crippen MR) is 27.8 cm³/mol. The van der Waals surface area contributed by atoms with Gasteiger partial charge in [-0.2, -0.15) is 5.26 Å². The maximum Gasteiger partial charge on any atom is 0.144 e. The van der Waals surface area contributed by atoms with Crippen LogP contribution in [-0.2, 0) is 0 Å². The molecule has 8 heavy (non-hydrogen) atoms. The van der Waals surface area contributed by atoms with E-state index < -0.39 is 5.82 Å². The Morgan fingerprint density at radius 1 is 1.88 bits per heavy atom. The van der Waals surface area contributed by atoms with Crippen LogP contribution in [0.1, 0.15) is 4.88 Å². The van der Waals surface area contributed by atoms with Crippen LogP contribution in [0.4, 0.5) is 4.39 Å². The number of halogens is 1. The van der Waals surface area contributed by atoms with Crippen molar-refractivity contribution in [2.45, 2.75) is 0 Å². The van der Waals surface area contributed by atoms with Gasteiger partial charge in [0.1, 0.15) is 16.8 Å². The number of thiophene rings is 1. The molecule has 0 aliphatic heterocycles. The van der Waals surface area contributed by atoms with E-state index in [4.69, 9.17) is 5.26 Å². The summed E-state index contributed by atoms with van der Waals surface area (Å²) in [7, 11) is 0. The molecule has 1 nitrogen and oxygen atoms in total. The maximum atomic E-state index is 11.9. The van der Waals surface area contributed by atoms with Gasteiger partial charge in [0.15, 0.2) is 0 Å². The van der Waals surface area contributed by atoms with Crippen molar-refractivity contribution in [1.29, 1.82) is 5.26 Å². The van der Waals surface area contributed by atoms with Crippen molar-refractivity contribution in [1.82, 2.24) is 0 Å². The minimum Gasteiger partial charge on any atom is -0.205 e. The van der Waals surface area contributed by atoms with E-state index >= 15 is 0 Å². The molecule has 0 saturated heterocycles. The van der Waals surface area contributed by atoms with Crippen LogP contribution in [0.3, 0.4) is 0 Å². The molecule has 3 heteroatoms. The van der Waals surface area contributed by atoms with E-state index in [-0.39, 0.29) is 0 Å². The topological polar surface area (TPSA) is 23.8 Å². The average molecular weight is 126 g/mol. The van der Waals surface area contributed by atoms with E-state index in [2.05, 4.69) is 5.38 Å². The maximum absolute atomic E-state index is 11.9. The zero-order valence-electron chi connectivity index (χ0n) is 3.81. The predicted octanol–water partition coefficient (Wildman–Crippen LogP) is 1.56. The number of nitrogens with zero attached hydrogens (tertiary/aromatic N) is 1. The molecule has 0 atom stereocenters. The van der Waals surface area contributed by atoms with Gasteiger partial charge in [0.25, 0.3) is 0 Å². The summed E-state index contributed by atoms with van der Waals surface area (Å²) in [6, 6.07) is 2.95. The van der Waals surface area contributed by atoms with Gasteiger partial charge < -0.3 is 0 Å². The van der Waals surface area contributed by atoms with Crippen molar-refractivity contribution in [2.24, 2.45) is 0 Å². The summed E-state index contributed by atoms with van der Waals surface area (Å²) in [6.07, 6.45) is 0. The minimum absolute atomic E-state index is 0.363. The zero-order valence-corrected chi connectivity index (χ0v) is 4.63. The van der Waals surface area contributed by atoms with Gasteiger partial charge in [-0.15, -0.1) is 11.3 Å². The lowest BCUT2D eigenvalue weighted by molar-refractivity contribution is 0.631. The van der Waals surface area contributed by atoms with Crippen LogP contribution in [-0.4, -0.2) is 0 Å². The van der Waals surface area contributed by atoms with E-state index in [1.54, 1.807) is 6.07 Å². The molecule has 0 N–H and O–H groups in total. The Labute approximate surface area is 50.0 Å². The first kappa shape index (κ1) is 5.26. The molecule has 1 rings (SSSR count). The van der Waals surface area contributed by atoms with E-state index in [0.717, 1.165) is 17.4 Å². The van der Waals surface area contributed by atoms with E-state index in [1.165, 1.54) is 0 Å². The molecule has 0 amide bonds. The summed E-state index contributed by atoms with van der Waals surface area (Å²) in [4.78, 5) is 0.363. The summed E-state index contributed by atoms with van der Waals surface area (Å²) >= 11 is 0.988. The second-order valence-electron chi connectivity index (χ2n) is 1.17. The largest absolute Gasteiger partial charge is 0.205 e. The standard InChI is InChI=1S/C5HFNS/c6-4-1-5(2-7)8-3-4/h1H. The fraction of sp³-hybridized carbons (Fsp3) is 0. The summed E-state index contributed by atoms with van der Waals surface area (Å²) < 4.78 is 11.9. The van der Waals surface area contributed by atoms with Crippen LogP contribution in [0.25, 0.3) is 0 Å². The molecule has 39 valence electrons. The van der Waals surface area contributed by atoms with Crippen molar-refractivity contribution in [3.63, 3.8) is 0 Å². The van der Waals surface area contributed by atoms with Crippen LogP contribution in [0, 0.1) is 22.5 Å². The third-order valence-electron chi connectivity index (χ3n) is 0.626. The number of nitriles is 1. The van der Waals surface area contributed by atoms with Crippen molar-refractivity contribution in [2.75, 3.05) is 0 Å². The van der Waals surface area contributed by atoms with Crippen molar-refractivity contribution >= 4 is 11.3 Å².